The van der Waals surface area contributed by atoms with Crippen molar-refractivity contribution in [3.05, 3.63) is 22.8 Å². The molecule has 0 radical (unpaired) electrons. The van der Waals surface area contributed by atoms with Gasteiger partial charge in [0.1, 0.15) is 5.82 Å². The van der Waals surface area contributed by atoms with E-state index in [0.29, 0.717) is 16.9 Å². The Bertz CT molecular complexity index is 360. The van der Waals surface area contributed by atoms with Crippen molar-refractivity contribution in [3.63, 3.8) is 0 Å². The summed E-state index contributed by atoms with van der Waals surface area (Å²) in [6.07, 6.45) is 5.02. The van der Waals surface area contributed by atoms with Crippen molar-refractivity contribution in [2.75, 3.05) is 24.0 Å². The molecule has 0 fully saturated rings. The van der Waals surface area contributed by atoms with Gasteiger partial charge in [-0.3, -0.25) is 0 Å². The summed E-state index contributed by atoms with van der Waals surface area (Å²) >= 11 is 13.8. The minimum Gasteiger partial charge on any atom is -0.356 e. The molecule has 17 heavy (non-hydrogen) atoms. The van der Waals surface area contributed by atoms with Crippen molar-refractivity contribution < 1.29 is 0 Å². The zero-order valence-corrected chi connectivity index (χ0v) is 12.7. The third-order valence-electron chi connectivity index (χ3n) is 2.77. The predicted octanol–water partition coefficient (Wildman–Crippen LogP) is 4.05. The van der Waals surface area contributed by atoms with Crippen molar-refractivity contribution in [3.8, 4) is 0 Å². The Kier molecular flexibility index (Phi) is 6.45. The van der Waals surface area contributed by atoms with Crippen molar-refractivity contribution in [1.82, 2.24) is 4.98 Å². The first-order chi connectivity index (χ1) is 8.10. The van der Waals surface area contributed by atoms with E-state index in [0.717, 1.165) is 23.6 Å². The van der Waals surface area contributed by atoms with Gasteiger partial charge in [0.05, 0.1) is 5.02 Å². The Labute approximate surface area is 118 Å². The van der Waals surface area contributed by atoms with E-state index in [9.17, 15) is 0 Å². The van der Waals surface area contributed by atoms with E-state index >= 15 is 0 Å². The fourth-order valence-corrected chi connectivity index (χ4v) is 2.54. The van der Waals surface area contributed by atoms with Crippen LogP contribution < -0.4 is 4.90 Å². The van der Waals surface area contributed by atoms with E-state index in [-0.39, 0.29) is 0 Å². The number of nitrogens with zero attached hydrogens (tertiary/aromatic N) is 2. The lowest BCUT2D eigenvalue weighted by molar-refractivity contribution is 0.662. The smallest absolute Gasteiger partial charge is 0.147 e. The van der Waals surface area contributed by atoms with Gasteiger partial charge in [0.2, 0.25) is 0 Å². The summed E-state index contributed by atoms with van der Waals surface area (Å²) in [5.74, 6) is 2.41. The molecule has 0 aromatic carbocycles. The third-order valence-corrected chi connectivity index (χ3v) is 4.00. The van der Waals surface area contributed by atoms with Gasteiger partial charge in [-0.25, -0.2) is 4.98 Å². The van der Waals surface area contributed by atoms with Crippen LogP contribution in [0.5, 0.6) is 0 Å². The quantitative estimate of drug-likeness (QED) is 0.736. The molecule has 0 amide bonds. The van der Waals surface area contributed by atoms with Gasteiger partial charge in [0.15, 0.2) is 0 Å². The summed E-state index contributed by atoms with van der Waals surface area (Å²) in [6, 6.07) is 2.31. The van der Waals surface area contributed by atoms with E-state index in [2.05, 4.69) is 23.1 Å². The molecule has 0 spiro atoms. The molecule has 1 rings (SSSR count). The second kappa shape index (κ2) is 7.34. The number of halogens is 2. The molecule has 5 heteroatoms. The summed E-state index contributed by atoms with van der Waals surface area (Å²) in [5, 5.41) is 0.668. The van der Waals surface area contributed by atoms with Gasteiger partial charge in [0.25, 0.3) is 0 Å². The Balaban J connectivity index is 2.77. The van der Waals surface area contributed by atoms with Crippen LogP contribution in [0.4, 0.5) is 5.82 Å². The minimum atomic E-state index is 0.425. The average Bonchev–Trinajstić information content (AvgIpc) is 2.34. The molecule has 0 N–H and O–H groups in total. The molecule has 0 aliphatic rings. The molecule has 0 saturated heterocycles. The van der Waals surface area contributed by atoms with Crippen LogP contribution in [0, 0.1) is 0 Å². The number of pyridine rings is 1. The van der Waals surface area contributed by atoms with Gasteiger partial charge < -0.3 is 4.90 Å². The van der Waals surface area contributed by atoms with Gasteiger partial charge in [0, 0.05) is 25.2 Å². The highest BCUT2D eigenvalue weighted by Gasteiger charge is 2.14. The highest BCUT2D eigenvalue weighted by molar-refractivity contribution is 7.98. The molecule has 1 aromatic heterocycles. The number of alkyl halides is 1. The molecule has 2 nitrogen and oxygen atoms in total. The Hall–Kier alpha value is -0.120. The summed E-state index contributed by atoms with van der Waals surface area (Å²) < 4.78 is 0. The Morgan fingerprint density at radius 1 is 1.53 bits per heavy atom. The molecule has 1 aromatic rings. The molecule has 1 heterocycles. The van der Waals surface area contributed by atoms with Crippen LogP contribution in [0.15, 0.2) is 12.3 Å². The Morgan fingerprint density at radius 3 is 2.76 bits per heavy atom. The van der Waals surface area contributed by atoms with E-state index in [4.69, 9.17) is 23.2 Å². The molecule has 0 aliphatic carbocycles. The second-order valence-corrected chi connectivity index (χ2v) is 5.68. The van der Waals surface area contributed by atoms with E-state index in [1.165, 1.54) is 0 Å². The fourth-order valence-electron chi connectivity index (χ4n) is 1.49. The van der Waals surface area contributed by atoms with Crippen molar-refractivity contribution >= 4 is 40.8 Å². The van der Waals surface area contributed by atoms with Gasteiger partial charge in [-0.1, -0.05) is 11.6 Å². The summed E-state index contributed by atoms with van der Waals surface area (Å²) in [6.45, 7) is 2.18. The molecule has 0 aliphatic heterocycles. The van der Waals surface area contributed by atoms with Crippen LogP contribution in [0.1, 0.15) is 18.9 Å². The monoisotopic (exact) mass is 292 g/mol. The lowest BCUT2D eigenvalue weighted by Crippen LogP contribution is -2.30. The van der Waals surface area contributed by atoms with Gasteiger partial charge in [-0.15, -0.1) is 11.6 Å². The van der Waals surface area contributed by atoms with Crippen LogP contribution in [-0.4, -0.2) is 30.1 Å². The maximum atomic E-state index is 6.21. The van der Waals surface area contributed by atoms with E-state index in [1.807, 2.05) is 24.9 Å². The van der Waals surface area contributed by atoms with Crippen LogP contribution in [0.2, 0.25) is 5.02 Å². The predicted molar refractivity (Wildman–Crippen MR) is 79.7 cm³/mol. The zero-order chi connectivity index (χ0) is 12.8. The highest BCUT2D eigenvalue weighted by atomic mass is 35.5. The molecule has 1 atom stereocenters. The van der Waals surface area contributed by atoms with Crippen molar-refractivity contribution in [2.45, 2.75) is 25.3 Å². The number of thioether (sulfide) groups is 1. The van der Waals surface area contributed by atoms with E-state index < -0.39 is 0 Å². The van der Waals surface area contributed by atoms with Crippen LogP contribution in [0.3, 0.4) is 0 Å². The molecular formula is C12H18Cl2N2S. The first-order valence-corrected chi connectivity index (χ1v) is 7.83. The summed E-state index contributed by atoms with van der Waals surface area (Å²) in [5.41, 5.74) is 0.950. The fraction of sp³-hybridized carbons (Fsp3) is 0.583. The number of aromatic nitrogens is 1. The second-order valence-electron chi connectivity index (χ2n) is 4.02. The van der Waals surface area contributed by atoms with Crippen LogP contribution >= 0.6 is 35.0 Å². The number of hydrogen-bond donors (Lipinski definition) is 0. The lowest BCUT2D eigenvalue weighted by Gasteiger charge is -2.26. The SMILES string of the molecule is CSCCC(C)N(C)c1ncc(CCl)cc1Cl. The maximum absolute atomic E-state index is 6.21. The first kappa shape index (κ1) is 14.9. The zero-order valence-electron chi connectivity index (χ0n) is 10.4. The summed E-state index contributed by atoms with van der Waals surface area (Å²) in [7, 11) is 2.03. The van der Waals surface area contributed by atoms with Crippen LogP contribution in [0.25, 0.3) is 0 Å². The molecule has 0 bridgehead atoms. The molecule has 96 valence electrons. The normalized spacial score (nSPS) is 12.5. The van der Waals surface area contributed by atoms with Crippen LogP contribution in [-0.2, 0) is 5.88 Å². The number of hydrogen-bond acceptors (Lipinski definition) is 3. The van der Waals surface area contributed by atoms with Crippen molar-refractivity contribution in [1.29, 1.82) is 0 Å². The maximum Gasteiger partial charge on any atom is 0.147 e. The number of rotatable bonds is 6. The van der Waals surface area contributed by atoms with Gasteiger partial charge in [-0.2, -0.15) is 11.8 Å². The Morgan fingerprint density at radius 2 is 2.24 bits per heavy atom. The summed E-state index contributed by atoms with van der Waals surface area (Å²) in [4.78, 5) is 6.50. The highest BCUT2D eigenvalue weighted by Crippen LogP contribution is 2.26. The van der Waals surface area contributed by atoms with E-state index in [1.54, 1.807) is 6.20 Å². The minimum absolute atomic E-state index is 0.425. The average molecular weight is 293 g/mol. The molecule has 0 saturated carbocycles. The standard InChI is InChI=1S/C12H18Cl2N2S/c1-9(4-5-17-3)16(2)12-11(14)6-10(7-13)8-15-12/h6,8-9H,4-5,7H2,1-3H3. The largest absolute Gasteiger partial charge is 0.356 e. The van der Waals surface area contributed by atoms with Crippen molar-refractivity contribution in [2.24, 2.45) is 0 Å². The third kappa shape index (κ3) is 4.23. The first-order valence-electron chi connectivity index (χ1n) is 5.52. The number of anilines is 1. The van der Waals surface area contributed by atoms with Gasteiger partial charge in [-0.05, 0) is 37.0 Å². The van der Waals surface area contributed by atoms with Gasteiger partial charge >= 0.3 is 0 Å². The lowest BCUT2D eigenvalue weighted by atomic mass is 10.2. The topological polar surface area (TPSA) is 16.1 Å². The molecular weight excluding hydrogens is 275 g/mol. The molecule has 1 unspecified atom stereocenters.